The lowest BCUT2D eigenvalue weighted by atomic mass is 9.87. The van der Waals surface area contributed by atoms with E-state index in [1.54, 1.807) is 19.9 Å². The molecule has 0 saturated heterocycles. The van der Waals surface area contributed by atoms with Gasteiger partial charge >= 0.3 is 6.18 Å². The Morgan fingerprint density at radius 3 is 2.55 bits per heavy atom. The average Bonchev–Trinajstić information content (AvgIpc) is 3.04. The highest BCUT2D eigenvalue weighted by atomic mass is 35.5. The molecular weight excluding hydrogens is 452 g/mol. The third-order valence-corrected chi connectivity index (χ3v) is 5.62. The summed E-state index contributed by atoms with van der Waals surface area (Å²) >= 11 is 12.4. The average molecular weight is 469 g/mol. The summed E-state index contributed by atoms with van der Waals surface area (Å²) in [5, 5.41) is 12.2. The Morgan fingerprint density at radius 2 is 2.06 bits per heavy atom. The number of hydrogen-bond donors (Lipinski definition) is 2. The number of benzene rings is 1. The number of fused-ring (bicyclic) bond motifs is 1. The summed E-state index contributed by atoms with van der Waals surface area (Å²) in [6, 6.07) is 5.30. The van der Waals surface area contributed by atoms with Crippen LogP contribution in [0, 0.1) is 25.2 Å². The van der Waals surface area contributed by atoms with Crippen LogP contribution in [0.4, 0.5) is 18.9 Å². The maximum absolute atomic E-state index is 13.4. The Kier molecular flexibility index (Phi) is 5.87. The summed E-state index contributed by atoms with van der Waals surface area (Å²) in [7, 11) is 0. The van der Waals surface area contributed by atoms with Crippen molar-refractivity contribution in [1.82, 2.24) is 0 Å². The zero-order valence-corrected chi connectivity index (χ0v) is 18.0. The van der Waals surface area contributed by atoms with Crippen molar-refractivity contribution in [2.45, 2.75) is 25.6 Å². The van der Waals surface area contributed by atoms with Gasteiger partial charge in [-0.05, 0) is 32.0 Å². The molecule has 31 heavy (non-hydrogen) atoms. The lowest BCUT2D eigenvalue weighted by Crippen LogP contribution is -2.35. The van der Waals surface area contributed by atoms with Crippen molar-refractivity contribution < 1.29 is 17.6 Å². The third kappa shape index (κ3) is 3.91. The van der Waals surface area contributed by atoms with Crippen LogP contribution in [0.1, 0.15) is 28.2 Å². The predicted molar refractivity (Wildman–Crippen MR) is 115 cm³/mol. The maximum atomic E-state index is 13.4. The zero-order valence-electron chi connectivity index (χ0n) is 16.5. The molecule has 0 bridgehead atoms. The highest BCUT2D eigenvalue weighted by molar-refractivity contribution is 6.37. The van der Waals surface area contributed by atoms with Gasteiger partial charge in [-0.3, -0.25) is 4.99 Å². The number of halogens is 5. The smallest absolute Gasteiger partial charge is 0.416 e. The first kappa shape index (κ1) is 22.8. The molecule has 1 aromatic heterocycles. The Hall–Kier alpha value is -2.89. The number of allylic oxidation sites excluding steroid dienone is 1. The van der Waals surface area contributed by atoms with Crippen LogP contribution in [0.5, 0.6) is 0 Å². The van der Waals surface area contributed by atoms with Crippen molar-refractivity contribution in [1.29, 1.82) is 5.26 Å². The van der Waals surface area contributed by atoms with Gasteiger partial charge in [-0.1, -0.05) is 17.7 Å². The Morgan fingerprint density at radius 1 is 1.39 bits per heavy atom. The number of nitriles is 1. The molecule has 10 heteroatoms. The molecule has 1 aliphatic rings. The van der Waals surface area contributed by atoms with E-state index in [-0.39, 0.29) is 39.3 Å². The van der Waals surface area contributed by atoms with Crippen LogP contribution in [0.25, 0.3) is 5.57 Å². The van der Waals surface area contributed by atoms with E-state index in [2.05, 4.69) is 16.9 Å². The van der Waals surface area contributed by atoms with Gasteiger partial charge in [-0.25, -0.2) is 0 Å². The summed E-state index contributed by atoms with van der Waals surface area (Å²) in [6.45, 7) is 7.14. The number of aryl methyl sites for hydroxylation is 2. The molecule has 162 valence electrons. The van der Waals surface area contributed by atoms with Crippen molar-refractivity contribution in [3.63, 3.8) is 0 Å². The summed E-state index contributed by atoms with van der Waals surface area (Å²) in [6.07, 6.45) is -3.28. The molecule has 0 spiro atoms. The van der Waals surface area contributed by atoms with E-state index in [1.165, 1.54) is 6.08 Å². The SMILES string of the molecule is C=CC1(CCl)N=C(C(=C(N)C#N)c2cc(C)oc2C)Nc2c(Cl)cc(C(F)(F)F)cc21. The van der Waals surface area contributed by atoms with Crippen molar-refractivity contribution in [3.05, 3.63) is 69.8 Å². The molecular formula is C21H17Cl2F3N4O. The van der Waals surface area contributed by atoms with Gasteiger partial charge in [-0.2, -0.15) is 18.4 Å². The van der Waals surface area contributed by atoms with E-state index in [0.717, 1.165) is 12.1 Å². The van der Waals surface area contributed by atoms with Crippen molar-refractivity contribution in [2.24, 2.45) is 10.7 Å². The predicted octanol–water partition coefficient (Wildman–Crippen LogP) is 5.91. The Balaban J connectivity index is 2.32. The molecule has 2 heterocycles. The van der Waals surface area contributed by atoms with E-state index >= 15 is 0 Å². The lowest BCUT2D eigenvalue weighted by Gasteiger charge is -2.34. The van der Waals surface area contributed by atoms with Crippen LogP contribution < -0.4 is 11.1 Å². The van der Waals surface area contributed by atoms with Gasteiger partial charge in [0, 0.05) is 11.1 Å². The number of amidine groups is 1. The van der Waals surface area contributed by atoms with Crippen molar-refractivity contribution in [3.8, 4) is 6.07 Å². The molecule has 1 aromatic carbocycles. The highest BCUT2D eigenvalue weighted by Crippen LogP contribution is 2.46. The minimum absolute atomic E-state index is 0.107. The number of aliphatic imine (C=N–C) groups is 1. The van der Waals surface area contributed by atoms with Crippen LogP contribution in [-0.2, 0) is 11.7 Å². The summed E-state index contributed by atoms with van der Waals surface area (Å²) in [5.41, 5.74) is 4.42. The summed E-state index contributed by atoms with van der Waals surface area (Å²) in [4.78, 5) is 4.55. The van der Waals surface area contributed by atoms with Crippen LogP contribution >= 0.6 is 23.2 Å². The van der Waals surface area contributed by atoms with Crippen molar-refractivity contribution in [2.75, 3.05) is 11.2 Å². The first-order valence-electron chi connectivity index (χ1n) is 8.92. The second kappa shape index (κ2) is 7.98. The van der Waals surface area contributed by atoms with Crippen LogP contribution in [-0.4, -0.2) is 11.7 Å². The quantitative estimate of drug-likeness (QED) is 0.331. The molecule has 1 unspecified atom stereocenters. The van der Waals surface area contributed by atoms with Gasteiger partial charge in [0.25, 0.3) is 0 Å². The minimum Gasteiger partial charge on any atom is -0.466 e. The van der Waals surface area contributed by atoms with E-state index in [1.807, 2.05) is 6.07 Å². The zero-order chi connectivity index (χ0) is 23.1. The molecule has 2 aromatic rings. The largest absolute Gasteiger partial charge is 0.466 e. The number of hydrogen-bond acceptors (Lipinski definition) is 5. The fourth-order valence-corrected chi connectivity index (χ4v) is 3.99. The number of rotatable bonds is 4. The van der Waals surface area contributed by atoms with Gasteiger partial charge in [0.05, 0.1) is 27.7 Å². The number of alkyl halides is 4. The third-order valence-electron chi connectivity index (χ3n) is 4.92. The van der Waals surface area contributed by atoms with Crippen LogP contribution in [0.2, 0.25) is 5.02 Å². The Bertz CT molecular complexity index is 1170. The monoisotopic (exact) mass is 468 g/mol. The molecule has 5 nitrogen and oxygen atoms in total. The number of nitrogens with one attached hydrogen (secondary N) is 1. The molecule has 3 N–H and O–H groups in total. The molecule has 0 saturated carbocycles. The highest BCUT2D eigenvalue weighted by Gasteiger charge is 2.40. The number of furan rings is 1. The summed E-state index contributed by atoms with van der Waals surface area (Å²) < 4.78 is 45.7. The molecule has 1 atom stereocenters. The molecule has 3 rings (SSSR count). The second-order valence-electron chi connectivity index (χ2n) is 6.95. The molecule has 1 aliphatic heterocycles. The standard InChI is InChI=1S/C21H17Cl2F3N4O/c1-4-20(9-22)14-6-12(21(24,25)26)7-15(23)18(14)29-19(30-20)17(16(28)8-27)13-5-10(2)31-11(13)3/h4-7H,1,9,28H2,2-3H3,(H,29,30). The van der Waals surface area contributed by atoms with E-state index < -0.39 is 17.3 Å². The minimum atomic E-state index is -4.62. The van der Waals surface area contributed by atoms with E-state index in [0.29, 0.717) is 17.1 Å². The second-order valence-corrected chi connectivity index (χ2v) is 7.63. The topological polar surface area (TPSA) is 87.3 Å². The van der Waals surface area contributed by atoms with E-state index in [4.69, 9.17) is 33.4 Å². The normalized spacial score (nSPS) is 19.0. The van der Waals surface area contributed by atoms with Gasteiger partial charge in [0.15, 0.2) is 0 Å². The van der Waals surface area contributed by atoms with Gasteiger partial charge in [0.2, 0.25) is 0 Å². The summed E-state index contributed by atoms with van der Waals surface area (Å²) in [5.74, 6) is 0.940. The molecule has 0 aliphatic carbocycles. The first-order chi connectivity index (χ1) is 14.5. The van der Waals surface area contributed by atoms with Crippen LogP contribution in [0.15, 0.2) is 46.0 Å². The maximum Gasteiger partial charge on any atom is 0.416 e. The number of nitrogens with zero attached hydrogens (tertiary/aromatic N) is 2. The van der Waals surface area contributed by atoms with Gasteiger partial charge in [-0.15, -0.1) is 18.2 Å². The number of nitrogens with two attached hydrogens (primary N) is 1. The number of anilines is 1. The lowest BCUT2D eigenvalue weighted by molar-refractivity contribution is -0.137. The van der Waals surface area contributed by atoms with Crippen LogP contribution in [0.3, 0.4) is 0 Å². The van der Waals surface area contributed by atoms with Crippen molar-refractivity contribution >= 4 is 40.3 Å². The van der Waals surface area contributed by atoms with E-state index in [9.17, 15) is 18.4 Å². The molecule has 0 radical (unpaired) electrons. The van der Waals surface area contributed by atoms with Gasteiger partial charge < -0.3 is 15.5 Å². The Labute approximate surface area is 186 Å². The fraction of sp³-hybridized carbons (Fsp3) is 0.238. The first-order valence-corrected chi connectivity index (χ1v) is 9.84. The molecule has 0 amide bonds. The molecule has 0 fully saturated rings. The fourth-order valence-electron chi connectivity index (χ4n) is 3.41. The van der Waals surface area contributed by atoms with Gasteiger partial charge in [0.1, 0.15) is 34.7 Å².